The van der Waals surface area contributed by atoms with E-state index in [0.29, 0.717) is 33.6 Å². The number of hydrogen-bond donors (Lipinski definition) is 1. The highest BCUT2D eigenvalue weighted by Crippen LogP contribution is 2.50. The topological polar surface area (TPSA) is 78.6 Å². The molecule has 0 saturated heterocycles. The number of hydrogen-bond acceptors (Lipinski definition) is 4. The highest BCUT2D eigenvalue weighted by Gasteiger charge is 2.31. The van der Waals surface area contributed by atoms with Gasteiger partial charge in [-0.15, -0.1) is 0 Å². The molecule has 1 atom stereocenters. The van der Waals surface area contributed by atoms with E-state index in [1.165, 1.54) is 12.1 Å². The number of primary sulfonamides is 1. The summed E-state index contributed by atoms with van der Waals surface area (Å²) in [6, 6.07) is 26.0. The molecule has 5 rings (SSSR count). The van der Waals surface area contributed by atoms with Crippen LogP contribution in [0.15, 0.2) is 95.9 Å². The Kier molecular flexibility index (Phi) is 5.55. The second-order valence-corrected chi connectivity index (χ2v) is 9.29. The first-order valence-corrected chi connectivity index (χ1v) is 11.9. The molecule has 4 aromatic rings. The number of fused-ring (bicyclic) bond motifs is 3. The van der Waals surface area contributed by atoms with Crippen LogP contribution in [0.2, 0.25) is 0 Å². The summed E-state index contributed by atoms with van der Waals surface area (Å²) in [6.07, 6.45) is -0.549. The summed E-state index contributed by atoms with van der Waals surface area (Å²) in [5, 5.41) is 5.44. The van der Waals surface area contributed by atoms with Crippen molar-refractivity contribution >= 4 is 10.0 Å². The molecule has 0 aromatic heterocycles. The van der Waals surface area contributed by atoms with Gasteiger partial charge in [0, 0.05) is 11.1 Å². The van der Waals surface area contributed by atoms with Crippen molar-refractivity contribution in [3.8, 4) is 33.8 Å². The molecular formula is C26H19F2NO4S. The minimum Gasteiger partial charge on any atom is -0.480 e. The molecule has 0 fully saturated rings. The predicted molar refractivity (Wildman–Crippen MR) is 124 cm³/mol. The lowest BCUT2D eigenvalue weighted by molar-refractivity contribution is -0.0496. The minimum absolute atomic E-state index is 0.00190. The van der Waals surface area contributed by atoms with Gasteiger partial charge in [0.15, 0.2) is 0 Å². The van der Waals surface area contributed by atoms with Crippen molar-refractivity contribution < 1.29 is 26.7 Å². The molecule has 0 amide bonds. The molecular weight excluding hydrogens is 460 g/mol. The van der Waals surface area contributed by atoms with Gasteiger partial charge in [-0.05, 0) is 41.0 Å². The molecule has 8 heteroatoms. The summed E-state index contributed by atoms with van der Waals surface area (Å²) in [6.45, 7) is -3.00. The average molecular weight is 480 g/mol. The zero-order valence-corrected chi connectivity index (χ0v) is 18.5. The van der Waals surface area contributed by atoms with Crippen LogP contribution in [0.3, 0.4) is 0 Å². The van der Waals surface area contributed by atoms with Crippen molar-refractivity contribution in [1.82, 2.24) is 0 Å². The second-order valence-electron chi connectivity index (χ2n) is 7.76. The predicted octanol–water partition coefficient (Wildman–Crippen LogP) is 5.75. The molecule has 0 saturated carbocycles. The molecule has 1 aliphatic rings. The Morgan fingerprint density at radius 2 is 1.59 bits per heavy atom. The zero-order valence-electron chi connectivity index (χ0n) is 17.7. The highest BCUT2D eigenvalue weighted by atomic mass is 32.2. The van der Waals surface area contributed by atoms with E-state index in [2.05, 4.69) is 0 Å². The van der Waals surface area contributed by atoms with Crippen molar-refractivity contribution in [1.29, 1.82) is 0 Å². The number of sulfonamides is 1. The van der Waals surface area contributed by atoms with Crippen LogP contribution >= 0.6 is 0 Å². The summed E-state index contributed by atoms with van der Waals surface area (Å²) in [7, 11) is -3.97. The molecule has 5 nitrogen and oxygen atoms in total. The first-order valence-electron chi connectivity index (χ1n) is 10.4. The number of benzene rings is 4. The van der Waals surface area contributed by atoms with Crippen LogP contribution in [0.25, 0.3) is 22.3 Å². The second kappa shape index (κ2) is 8.55. The lowest BCUT2D eigenvalue weighted by atomic mass is 9.87. The van der Waals surface area contributed by atoms with Gasteiger partial charge in [-0.1, -0.05) is 66.7 Å². The molecule has 4 aromatic carbocycles. The van der Waals surface area contributed by atoms with Crippen molar-refractivity contribution in [2.45, 2.75) is 17.6 Å². The molecule has 0 spiro atoms. The quantitative estimate of drug-likeness (QED) is 0.395. The van der Waals surface area contributed by atoms with Crippen LogP contribution in [0.5, 0.6) is 11.5 Å². The summed E-state index contributed by atoms with van der Waals surface area (Å²) >= 11 is 0. The van der Waals surface area contributed by atoms with Gasteiger partial charge in [0.2, 0.25) is 10.0 Å². The Morgan fingerprint density at radius 1 is 0.853 bits per heavy atom. The number of alkyl halides is 2. The standard InChI is InChI=1S/C26H19F2NO4S/c27-26(28)33-22-11-6-10-21-24(22)19-14-13-17(18-9-4-5-12-23(18)34(29,30)31)15-20(19)25(32-21)16-7-2-1-3-8-16/h1-15,25-26H,(H2,29,30,31). The van der Waals surface area contributed by atoms with Gasteiger partial charge in [0.1, 0.15) is 17.6 Å². The highest BCUT2D eigenvalue weighted by molar-refractivity contribution is 7.89. The van der Waals surface area contributed by atoms with E-state index in [9.17, 15) is 17.2 Å². The molecule has 0 radical (unpaired) electrons. The third kappa shape index (κ3) is 4.02. The first kappa shape index (κ1) is 22.1. The van der Waals surface area contributed by atoms with Crippen LogP contribution in [-0.2, 0) is 10.0 Å². The van der Waals surface area contributed by atoms with Gasteiger partial charge < -0.3 is 9.47 Å². The maximum Gasteiger partial charge on any atom is 0.387 e. The number of nitrogens with two attached hydrogens (primary N) is 1. The van der Waals surface area contributed by atoms with Crippen LogP contribution in [0, 0.1) is 0 Å². The monoisotopic (exact) mass is 479 g/mol. The lowest BCUT2D eigenvalue weighted by Crippen LogP contribution is -2.17. The van der Waals surface area contributed by atoms with Crippen LogP contribution in [-0.4, -0.2) is 15.0 Å². The molecule has 172 valence electrons. The van der Waals surface area contributed by atoms with E-state index >= 15 is 0 Å². The smallest absolute Gasteiger partial charge is 0.387 e. The Morgan fingerprint density at radius 3 is 2.32 bits per heavy atom. The van der Waals surface area contributed by atoms with Gasteiger partial charge in [0.05, 0.1) is 10.5 Å². The number of ether oxygens (including phenoxy) is 2. The third-order valence-electron chi connectivity index (χ3n) is 5.66. The normalized spacial score (nSPS) is 14.8. The lowest BCUT2D eigenvalue weighted by Gasteiger charge is -2.31. The fraction of sp³-hybridized carbons (Fsp3) is 0.0769. The van der Waals surface area contributed by atoms with Crippen LogP contribution in [0.4, 0.5) is 8.78 Å². The average Bonchev–Trinajstić information content (AvgIpc) is 2.83. The van der Waals surface area contributed by atoms with Gasteiger partial charge in [0.25, 0.3) is 0 Å². The maximum atomic E-state index is 13.1. The molecule has 0 aliphatic carbocycles. The fourth-order valence-corrected chi connectivity index (χ4v) is 5.02. The zero-order chi connectivity index (χ0) is 23.9. The number of halogens is 2. The van der Waals surface area contributed by atoms with Crippen LogP contribution in [0.1, 0.15) is 17.2 Å². The molecule has 1 aliphatic heterocycles. The Balaban J connectivity index is 1.75. The summed E-state index contributed by atoms with van der Waals surface area (Å²) in [4.78, 5) is -0.00920. The van der Waals surface area contributed by atoms with E-state index in [4.69, 9.17) is 14.6 Å². The summed E-state index contributed by atoms with van der Waals surface area (Å²) in [5.74, 6) is 0.412. The van der Waals surface area contributed by atoms with Crippen molar-refractivity contribution in [3.05, 3.63) is 102 Å². The Hall–Kier alpha value is -3.75. The largest absolute Gasteiger partial charge is 0.480 e. The van der Waals surface area contributed by atoms with E-state index in [-0.39, 0.29) is 10.6 Å². The number of rotatable bonds is 5. The van der Waals surface area contributed by atoms with Crippen molar-refractivity contribution in [2.24, 2.45) is 5.14 Å². The van der Waals surface area contributed by atoms with E-state index in [1.54, 1.807) is 48.5 Å². The molecule has 2 N–H and O–H groups in total. The van der Waals surface area contributed by atoms with E-state index in [0.717, 1.165) is 5.56 Å². The summed E-state index contributed by atoms with van der Waals surface area (Å²) in [5.41, 5.74) is 3.64. The fourth-order valence-electron chi connectivity index (χ4n) is 4.26. The van der Waals surface area contributed by atoms with Crippen molar-refractivity contribution in [3.63, 3.8) is 0 Å². The van der Waals surface area contributed by atoms with Crippen LogP contribution < -0.4 is 14.6 Å². The van der Waals surface area contributed by atoms with E-state index < -0.39 is 22.7 Å². The van der Waals surface area contributed by atoms with Crippen molar-refractivity contribution in [2.75, 3.05) is 0 Å². The van der Waals surface area contributed by atoms with Gasteiger partial charge in [-0.3, -0.25) is 0 Å². The maximum absolute atomic E-state index is 13.1. The van der Waals surface area contributed by atoms with E-state index in [1.807, 2.05) is 30.3 Å². The SMILES string of the molecule is NS(=O)(=O)c1ccccc1-c1ccc2c(c1)C(c1ccccc1)Oc1cccc(OC(F)F)c1-2. The molecule has 1 heterocycles. The molecule has 34 heavy (non-hydrogen) atoms. The van der Waals surface area contributed by atoms with Gasteiger partial charge in [-0.2, -0.15) is 8.78 Å². The Labute approximate surface area is 195 Å². The molecule has 0 bridgehead atoms. The molecule has 1 unspecified atom stereocenters. The third-order valence-corrected chi connectivity index (χ3v) is 6.63. The summed E-state index contributed by atoms with van der Waals surface area (Å²) < 4.78 is 61.7. The van der Waals surface area contributed by atoms with Gasteiger partial charge >= 0.3 is 6.61 Å². The Bertz CT molecular complexity index is 1470. The minimum atomic E-state index is -3.97. The van der Waals surface area contributed by atoms with Gasteiger partial charge in [-0.25, -0.2) is 13.6 Å². The first-order chi connectivity index (χ1) is 16.3.